The van der Waals surface area contributed by atoms with Gasteiger partial charge in [-0.3, -0.25) is 13.9 Å². The Morgan fingerprint density at radius 2 is 1.59 bits per heavy atom. The summed E-state index contributed by atoms with van der Waals surface area (Å²) in [6.45, 7) is 7.26. The number of nitrogens with zero attached hydrogens (tertiary/aromatic N) is 2. The van der Waals surface area contributed by atoms with Crippen LogP contribution in [0.15, 0.2) is 83.8 Å². The zero-order chi connectivity index (χ0) is 28.6. The zero-order valence-corrected chi connectivity index (χ0v) is 24.4. The van der Waals surface area contributed by atoms with Crippen molar-refractivity contribution in [2.75, 3.05) is 10.8 Å². The number of rotatable bonds is 12. The molecule has 0 unspecified atom stereocenters. The monoisotopic (exact) mass is 569 g/mol. The van der Waals surface area contributed by atoms with Crippen LogP contribution in [0.3, 0.4) is 0 Å². The number of sulfonamides is 1. The molecule has 0 heterocycles. The van der Waals surface area contributed by atoms with Crippen LogP contribution >= 0.6 is 11.6 Å². The van der Waals surface area contributed by atoms with Crippen molar-refractivity contribution in [1.29, 1.82) is 0 Å². The summed E-state index contributed by atoms with van der Waals surface area (Å²) >= 11 is 6.00. The van der Waals surface area contributed by atoms with Crippen molar-refractivity contribution in [3.8, 4) is 0 Å². The molecule has 0 bridgehead atoms. The highest BCUT2D eigenvalue weighted by atomic mass is 35.5. The summed E-state index contributed by atoms with van der Waals surface area (Å²) in [7, 11) is -4.14. The Kier molecular flexibility index (Phi) is 10.5. The Hall–Kier alpha value is -3.36. The molecule has 0 fully saturated rings. The van der Waals surface area contributed by atoms with E-state index in [1.807, 2.05) is 64.1 Å². The van der Waals surface area contributed by atoms with Crippen LogP contribution in [0.2, 0.25) is 5.02 Å². The van der Waals surface area contributed by atoms with E-state index >= 15 is 0 Å². The third-order valence-electron chi connectivity index (χ3n) is 6.55. The maximum atomic E-state index is 14.0. The maximum absolute atomic E-state index is 14.0. The fourth-order valence-corrected chi connectivity index (χ4v) is 5.72. The van der Waals surface area contributed by atoms with Crippen LogP contribution in [0, 0.1) is 6.92 Å². The minimum atomic E-state index is -4.14. The number of hydrogen-bond donors (Lipinski definition) is 1. The first-order chi connectivity index (χ1) is 18.6. The van der Waals surface area contributed by atoms with Crippen molar-refractivity contribution in [2.24, 2.45) is 0 Å². The number of carbonyl (C=O) groups excluding carboxylic acids is 2. The lowest BCUT2D eigenvalue weighted by molar-refractivity contribution is -0.140. The Bertz CT molecular complexity index is 1360. The molecule has 3 aromatic rings. The number of benzene rings is 3. The molecule has 0 aromatic heterocycles. The molecule has 0 saturated carbocycles. The van der Waals surface area contributed by atoms with Crippen molar-refractivity contribution in [2.45, 2.75) is 64.1 Å². The number of hydrogen-bond acceptors (Lipinski definition) is 4. The molecule has 0 radical (unpaired) electrons. The topological polar surface area (TPSA) is 86.8 Å². The average molecular weight is 570 g/mol. The van der Waals surface area contributed by atoms with E-state index in [-0.39, 0.29) is 23.4 Å². The van der Waals surface area contributed by atoms with Gasteiger partial charge in [-0.2, -0.15) is 0 Å². The van der Waals surface area contributed by atoms with Gasteiger partial charge in [0, 0.05) is 17.6 Å². The smallest absolute Gasteiger partial charge is 0.264 e. The SMILES string of the molecule is CC[C@@H](C)NC(=O)[C@@H](CC)N(Cc1ccccc1)C(=O)CN(c1cccc(C)c1)S(=O)(=O)c1ccc(Cl)cc1. The van der Waals surface area contributed by atoms with Crippen LogP contribution in [0.5, 0.6) is 0 Å². The highest BCUT2D eigenvalue weighted by Crippen LogP contribution is 2.26. The van der Waals surface area contributed by atoms with Gasteiger partial charge in [0.2, 0.25) is 11.8 Å². The molecule has 0 spiro atoms. The molecule has 7 nitrogen and oxygen atoms in total. The van der Waals surface area contributed by atoms with Crippen molar-refractivity contribution < 1.29 is 18.0 Å². The van der Waals surface area contributed by atoms with Crippen LogP contribution in [-0.4, -0.2) is 43.8 Å². The molecular weight excluding hydrogens is 534 g/mol. The number of carbonyl (C=O) groups is 2. The average Bonchev–Trinajstić information content (AvgIpc) is 2.92. The van der Waals surface area contributed by atoms with E-state index in [0.29, 0.717) is 17.1 Å². The lowest BCUT2D eigenvalue weighted by atomic mass is 10.1. The molecule has 0 aliphatic rings. The summed E-state index contributed by atoms with van der Waals surface area (Å²) in [5.41, 5.74) is 2.04. The van der Waals surface area contributed by atoms with Crippen LogP contribution in [0.25, 0.3) is 0 Å². The molecule has 2 atom stereocenters. The normalized spacial score (nSPS) is 12.8. The molecule has 3 rings (SSSR count). The number of amides is 2. The zero-order valence-electron chi connectivity index (χ0n) is 22.8. The van der Waals surface area contributed by atoms with Gasteiger partial charge in [-0.05, 0) is 74.2 Å². The predicted octanol–water partition coefficient (Wildman–Crippen LogP) is 5.57. The van der Waals surface area contributed by atoms with Gasteiger partial charge in [0.25, 0.3) is 10.0 Å². The minimum Gasteiger partial charge on any atom is -0.352 e. The molecule has 1 N–H and O–H groups in total. The fraction of sp³-hybridized carbons (Fsp3) is 0.333. The number of aryl methyl sites for hydroxylation is 1. The summed E-state index contributed by atoms with van der Waals surface area (Å²) in [4.78, 5) is 28.8. The van der Waals surface area contributed by atoms with Gasteiger partial charge in [0.1, 0.15) is 12.6 Å². The Morgan fingerprint density at radius 3 is 2.18 bits per heavy atom. The molecule has 0 aliphatic heterocycles. The standard InChI is InChI=1S/C30H36ClN3O4S/c1-5-23(4)32-30(36)28(6-2)33(20-24-12-8-7-9-13-24)29(35)21-34(26-14-10-11-22(3)19-26)39(37,38)27-17-15-25(31)16-18-27/h7-19,23,28H,5-6,20-21H2,1-4H3,(H,32,36)/t23-,28-/m1/s1. The molecule has 3 aromatic carbocycles. The lowest BCUT2D eigenvalue weighted by Crippen LogP contribution is -2.53. The number of halogens is 1. The second-order valence-corrected chi connectivity index (χ2v) is 11.9. The molecule has 39 heavy (non-hydrogen) atoms. The Labute approximate surface area is 236 Å². The second-order valence-electron chi connectivity index (χ2n) is 9.55. The van der Waals surface area contributed by atoms with Gasteiger partial charge in [0.15, 0.2) is 0 Å². The van der Waals surface area contributed by atoms with Crippen LogP contribution < -0.4 is 9.62 Å². The van der Waals surface area contributed by atoms with Crippen LogP contribution in [0.1, 0.15) is 44.7 Å². The third-order valence-corrected chi connectivity index (χ3v) is 8.59. The molecular formula is C30H36ClN3O4S. The quantitative estimate of drug-likeness (QED) is 0.309. The van der Waals surface area contributed by atoms with E-state index < -0.39 is 28.5 Å². The first kappa shape index (κ1) is 30.2. The van der Waals surface area contributed by atoms with Crippen molar-refractivity contribution in [1.82, 2.24) is 10.2 Å². The summed E-state index contributed by atoms with van der Waals surface area (Å²) < 4.78 is 28.8. The fourth-order valence-electron chi connectivity index (χ4n) is 4.19. The molecule has 2 amide bonds. The third kappa shape index (κ3) is 7.83. The largest absolute Gasteiger partial charge is 0.352 e. The highest BCUT2D eigenvalue weighted by molar-refractivity contribution is 7.92. The number of nitrogens with one attached hydrogen (secondary N) is 1. The molecule has 0 aliphatic carbocycles. The van der Waals surface area contributed by atoms with E-state index in [1.54, 1.807) is 18.2 Å². The highest BCUT2D eigenvalue weighted by Gasteiger charge is 2.34. The summed E-state index contributed by atoms with van der Waals surface area (Å²) in [5, 5.41) is 3.38. The van der Waals surface area contributed by atoms with Gasteiger partial charge in [-0.25, -0.2) is 8.42 Å². The molecule has 0 saturated heterocycles. The Balaban J connectivity index is 2.04. The summed E-state index contributed by atoms with van der Waals surface area (Å²) in [5.74, 6) is -0.747. The van der Waals surface area contributed by atoms with Gasteiger partial charge in [0.05, 0.1) is 10.6 Å². The van der Waals surface area contributed by atoms with E-state index in [4.69, 9.17) is 11.6 Å². The van der Waals surface area contributed by atoms with Crippen LogP contribution in [0.4, 0.5) is 5.69 Å². The van der Waals surface area contributed by atoms with E-state index in [2.05, 4.69) is 5.32 Å². The molecule has 9 heteroatoms. The van der Waals surface area contributed by atoms with Gasteiger partial charge in [-0.15, -0.1) is 0 Å². The molecule has 208 valence electrons. The lowest BCUT2D eigenvalue weighted by Gasteiger charge is -2.33. The van der Waals surface area contributed by atoms with Crippen LogP contribution in [-0.2, 0) is 26.2 Å². The predicted molar refractivity (Wildman–Crippen MR) is 156 cm³/mol. The van der Waals surface area contributed by atoms with Gasteiger partial charge in [-0.1, -0.05) is 67.9 Å². The summed E-state index contributed by atoms with van der Waals surface area (Å²) in [6, 6.07) is 21.3. The van der Waals surface area contributed by atoms with Crippen molar-refractivity contribution in [3.63, 3.8) is 0 Å². The summed E-state index contributed by atoms with van der Waals surface area (Å²) in [6.07, 6.45) is 1.12. The van der Waals surface area contributed by atoms with Crippen molar-refractivity contribution in [3.05, 3.63) is 95.0 Å². The van der Waals surface area contributed by atoms with E-state index in [9.17, 15) is 18.0 Å². The van der Waals surface area contributed by atoms with E-state index in [0.717, 1.165) is 21.9 Å². The van der Waals surface area contributed by atoms with Gasteiger partial charge < -0.3 is 10.2 Å². The van der Waals surface area contributed by atoms with Gasteiger partial charge >= 0.3 is 0 Å². The Morgan fingerprint density at radius 1 is 0.923 bits per heavy atom. The minimum absolute atomic E-state index is 0.0115. The van der Waals surface area contributed by atoms with Crippen molar-refractivity contribution >= 4 is 39.1 Å². The van der Waals surface area contributed by atoms with E-state index in [1.165, 1.54) is 29.2 Å². The first-order valence-electron chi connectivity index (χ1n) is 13.1. The first-order valence-corrected chi connectivity index (χ1v) is 14.9. The second kappa shape index (κ2) is 13.6. The maximum Gasteiger partial charge on any atom is 0.264 e. The number of anilines is 1.